The van der Waals surface area contributed by atoms with Gasteiger partial charge in [0, 0.05) is 35.1 Å². The Kier molecular flexibility index (Phi) is 7.28. The summed E-state index contributed by atoms with van der Waals surface area (Å²) in [6, 6.07) is 17.5. The zero-order chi connectivity index (χ0) is 25.7. The summed E-state index contributed by atoms with van der Waals surface area (Å²) >= 11 is 0. The van der Waals surface area contributed by atoms with E-state index in [-0.39, 0.29) is 11.4 Å². The zero-order valence-corrected chi connectivity index (χ0v) is 19.5. The lowest BCUT2D eigenvalue weighted by atomic mass is 10.1. The maximum atomic E-state index is 12.6. The van der Waals surface area contributed by atoms with E-state index in [1.807, 2.05) is 41.2 Å². The summed E-state index contributed by atoms with van der Waals surface area (Å²) in [5, 5.41) is 12.5. The van der Waals surface area contributed by atoms with E-state index < -0.39 is 24.2 Å². The molecule has 2 aromatic heterocycles. The topological polar surface area (TPSA) is 96.7 Å². The van der Waals surface area contributed by atoms with Crippen LogP contribution in [0.4, 0.5) is 24.7 Å². The number of alkyl halides is 3. The lowest BCUT2D eigenvalue weighted by molar-refractivity contribution is -0.143. The molecule has 0 fully saturated rings. The average molecular weight is 499 g/mol. The number of rotatable bonds is 9. The van der Waals surface area contributed by atoms with E-state index in [0.717, 1.165) is 35.9 Å². The van der Waals surface area contributed by atoms with Gasteiger partial charge in [0.15, 0.2) is 0 Å². The van der Waals surface area contributed by atoms with E-state index in [4.69, 9.17) is 0 Å². The molecule has 2 aromatic carbocycles. The molecule has 0 aliphatic heterocycles. The minimum absolute atomic E-state index is 0.120. The number of hydrogen-bond donors (Lipinski definition) is 3. The van der Waals surface area contributed by atoms with Gasteiger partial charge < -0.3 is 10.6 Å². The number of H-pyrrole nitrogens is 1. The first kappa shape index (κ1) is 24.8. The van der Waals surface area contributed by atoms with Crippen molar-refractivity contribution < 1.29 is 18.0 Å². The number of anilines is 2. The van der Waals surface area contributed by atoms with Gasteiger partial charge in [-0.05, 0) is 36.8 Å². The number of amides is 1. The van der Waals surface area contributed by atoms with Crippen LogP contribution in [0.25, 0.3) is 5.69 Å². The van der Waals surface area contributed by atoms with E-state index in [1.165, 1.54) is 0 Å². The number of aromatic amines is 1. The molecule has 0 saturated heterocycles. The van der Waals surface area contributed by atoms with Crippen LogP contribution in [-0.2, 0) is 19.5 Å². The lowest BCUT2D eigenvalue weighted by Crippen LogP contribution is -2.26. The third-order valence-electron chi connectivity index (χ3n) is 5.43. The molecule has 0 saturated carbocycles. The second-order valence-electron chi connectivity index (χ2n) is 8.21. The number of halogens is 3. The highest BCUT2D eigenvalue weighted by molar-refractivity contribution is 6.04. The number of carbonyl (C=O) groups is 1. The van der Waals surface area contributed by atoms with Crippen molar-refractivity contribution in [3.63, 3.8) is 0 Å². The quantitative estimate of drug-likeness (QED) is 0.311. The number of nitrogens with zero attached hydrogens (tertiary/aromatic N) is 3. The molecule has 4 aromatic rings. The molecule has 8 nitrogen and oxygen atoms in total. The molecule has 0 bridgehead atoms. The summed E-state index contributed by atoms with van der Waals surface area (Å²) in [5.41, 5.74) is 3.17. The van der Waals surface area contributed by atoms with Crippen LogP contribution >= 0.6 is 0 Å². The van der Waals surface area contributed by atoms with Gasteiger partial charge in [-0.2, -0.15) is 18.3 Å². The largest absolute Gasteiger partial charge is 0.408 e. The highest BCUT2D eigenvalue weighted by Gasteiger charge is 2.29. The van der Waals surface area contributed by atoms with E-state index in [1.54, 1.807) is 24.3 Å². The van der Waals surface area contributed by atoms with Crippen LogP contribution in [0.1, 0.15) is 35.0 Å². The molecule has 4 rings (SSSR count). The summed E-state index contributed by atoms with van der Waals surface area (Å²) < 4.78 is 40.0. The molecule has 0 aliphatic carbocycles. The Hall–Kier alpha value is -4.28. The third-order valence-corrected chi connectivity index (χ3v) is 5.43. The Labute approximate surface area is 204 Å². The monoisotopic (exact) mass is 498 g/mol. The van der Waals surface area contributed by atoms with Crippen molar-refractivity contribution in [2.45, 2.75) is 39.0 Å². The van der Waals surface area contributed by atoms with Crippen LogP contribution in [0.2, 0.25) is 0 Å². The predicted octanol–water partition coefficient (Wildman–Crippen LogP) is 4.74. The second-order valence-corrected chi connectivity index (χ2v) is 8.21. The molecule has 36 heavy (non-hydrogen) atoms. The Bertz CT molecular complexity index is 1390. The number of aromatic nitrogens is 4. The Morgan fingerprint density at radius 2 is 1.86 bits per heavy atom. The molecule has 0 atom stereocenters. The summed E-state index contributed by atoms with van der Waals surface area (Å²) in [6.07, 6.45) is -0.942. The van der Waals surface area contributed by atoms with Crippen LogP contribution in [0.3, 0.4) is 0 Å². The first-order valence-corrected chi connectivity index (χ1v) is 11.4. The predicted molar refractivity (Wildman–Crippen MR) is 130 cm³/mol. The molecule has 0 unspecified atom stereocenters. The van der Waals surface area contributed by atoms with Crippen molar-refractivity contribution in [1.29, 1.82) is 0 Å². The Morgan fingerprint density at radius 1 is 1.08 bits per heavy atom. The van der Waals surface area contributed by atoms with Gasteiger partial charge in [-0.15, -0.1) is 0 Å². The maximum Gasteiger partial charge on any atom is 0.408 e. The van der Waals surface area contributed by atoms with Gasteiger partial charge in [-0.1, -0.05) is 37.6 Å². The summed E-state index contributed by atoms with van der Waals surface area (Å²) in [5.74, 6) is -0.687. The third kappa shape index (κ3) is 6.04. The van der Waals surface area contributed by atoms with Crippen molar-refractivity contribution in [2.75, 3.05) is 10.6 Å². The van der Waals surface area contributed by atoms with Gasteiger partial charge in [-0.25, -0.2) is 9.36 Å². The zero-order valence-electron chi connectivity index (χ0n) is 19.5. The highest BCUT2D eigenvalue weighted by Crippen LogP contribution is 2.20. The number of para-hydroxylation sites is 1. The molecule has 1 amide bonds. The summed E-state index contributed by atoms with van der Waals surface area (Å²) in [4.78, 5) is 24.4. The molecule has 0 aliphatic rings. The molecular weight excluding hydrogens is 473 g/mol. The molecule has 2 heterocycles. The van der Waals surface area contributed by atoms with Crippen LogP contribution in [-0.4, -0.2) is 31.6 Å². The lowest BCUT2D eigenvalue weighted by Gasteiger charge is -2.11. The first-order chi connectivity index (χ1) is 17.2. The standard InChI is InChI=1S/C25H25F3N6O2/c1-2-7-21-18(15-30-34(21)20-10-4-3-5-11-20)14-29-19-9-6-8-17(12-19)24(36)31-22-13-23(35)33(32-22)16-25(26,27)28/h3-6,8-13,15,29,32H,2,7,14,16H2,1H3,(H,31,36). The molecule has 188 valence electrons. The van der Waals surface area contributed by atoms with Crippen molar-refractivity contribution in [2.24, 2.45) is 0 Å². The number of hydrogen-bond acceptors (Lipinski definition) is 4. The normalized spacial score (nSPS) is 11.4. The SMILES string of the molecule is CCCc1c(CNc2cccc(C(=O)Nc3cc(=O)n(CC(F)(F)F)[nH]3)c2)cnn1-c1ccccc1. The van der Waals surface area contributed by atoms with Gasteiger partial charge in [0.25, 0.3) is 11.5 Å². The van der Waals surface area contributed by atoms with Crippen LogP contribution in [0.5, 0.6) is 0 Å². The molecular formula is C25H25F3N6O2. The van der Waals surface area contributed by atoms with E-state index >= 15 is 0 Å². The van der Waals surface area contributed by atoms with Gasteiger partial charge in [0.2, 0.25) is 0 Å². The van der Waals surface area contributed by atoms with E-state index in [0.29, 0.717) is 16.9 Å². The smallest absolute Gasteiger partial charge is 0.381 e. The molecule has 0 radical (unpaired) electrons. The first-order valence-electron chi connectivity index (χ1n) is 11.4. The van der Waals surface area contributed by atoms with Gasteiger partial charge in [0.05, 0.1) is 11.9 Å². The summed E-state index contributed by atoms with van der Waals surface area (Å²) in [6.45, 7) is 1.12. The maximum absolute atomic E-state index is 12.6. The number of nitrogens with one attached hydrogen (secondary N) is 3. The molecule has 11 heteroatoms. The fourth-order valence-electron chi connectivity index (χ4n) is 3.81. The fraction of sp³-hybridized carbons (Fsp3) is 0.240. The summed E-state index contributed by atoms with van der Waals surface area (Å²) in [7, 11) is 0. The van der Waals surface area contributed by atoms with Crippen molar-refractivity contribution in [3.05, 3.63) is 94.0 Å². The number of carbonyl (C=O) groups excluding carboxylic acids is 1. The molecule has 3 N–H and O–H groups in total. The number of benzene rings is 2. The van der Waals surface area contributed by atoms with E-state index in [9.17, 15) is 22.8 Å². The van der Waals surface area contributed by atoms with Crippen LogP contribution < -0.4 is 16.2 Å². The highest BCUT2D eigenvalue weighted by atomic mass is 19.4. The second kappa shape index (κ2) is 10.5. The van der Waals surface area contributed by atoms with Gasteiger partial charge in [-0.3, -0.25) is 14.7 Å². The van der Waals surface area contributed by atoms with Crippen LogP contribution in [0.15, 0.2) is 71.7 Å². The van der Waals surface area contributed by atoms with Crippen molar-refractivity contribution in [1.82, 2.24) is 19.6 Å². The minimum atomic E-state index is -4.56. The van der Waals surface area contributed by atoms with Crippen molar-refractivity contribution in [3.8, 4) is 5.69 Å². The van der Waals surface area contributed by atoms with Gasteiger partial charge in [0.1, 0.15) is 12.4 Å². The Balaban J connectivity index is 1.45. The van der Waals surface area contributed by atoms with Gasteiger partial charge >= 0.3 is 6.18 Å². The van der Waals surface area contributed by atoms with Crippen LogP contribution in [0, 0.1) is 0 Å². The van der Waals surface area contributed by atoms with E-state index in [2.05, 4.69) is 27.8 Å². The average Bonchev–Trinajstić information content (AvgIpc) is 3.40. The fourth-order valence-corrected chi connectivity index (χ4v) is 3.81. The Morgan fingerprint density at radius 3 is 2.58 bits per heavy atom. The minimum Gasteiger partial charge on any atom is -0.381 e. The van der Waals surface area contributed by atoms with Crippen molar-refractivity contribution >= 4 is 17.4 Å². The molecule has 0 spiro atoms.